The summed E-state index contributed by atoms with van der Waals surface area (Å²) in [4.78, 5) is 36.8. The number of hydrogen-bond donors (Lipinski definition) is 2. The smallest absolute Gasteiger partial charge is 0.338 e. The number of hydrogen-bond acceptors (Lipinski definition) is 7. The molecule has 1 atom stereocenters. The zero-order chi connectivity index (χ0) is 22.5. The minimum atomic E-state index is -1.03. The molecular formula is C23H20N2O7. The molecule has 2 N–H and O–H groups in total. The van der Waals surface area contributed by atoms with Crippen LogP contribution < -0.4 is 20.1 Å². The fraction of sp³-hybridized carbons (Fsp3) is 0.174. The van der Waals surface area contributed by atoms with Crippen molar-refractivity contribution in [2.75, 3.05) is 23.8 Å². The van der Waals surface area contributed by atoms with Crippen molar-refractivity contribution in [3.05, 3.63) is 72.2 Å². The number of rotatable bonds is 6. The van der Waals surface area contributed by atoms with Gasteiger partial charge in [0.1, 0.15) is 13.2 Å². The van der Waals surface area contributed by atoms with Gasteiger partial charge in [-0.2, -0.15) is 0 Å². The third-order valence-corrected chi connectivity index (χ3v) is 4.59. The molecule has 0 fully saturated rings. The molecule has 1 unspecified atom stereocenters. The molecule has 0 bridgehead atoms. The first kappa shape index (κ1) is 21.0. The SMILES string of the molecule is CC(OC(=O)c1ccc(NC(=O)c2ccco2)cc1)C(=O)Nc1ccc2c(c1)OCCO2. The van der Waals surface area contributed by atoms with Crippen LogP contribution in [0, 0.1) is 0 Å². The van der Waals surface area contributed by atoms with Gasteiger partial charge >= 0.3 is 5.97 Å². The molecule has 0 aliphatic carbocycles. The Labute approximate surface area is 183 Å². The van der Waals surface area contributed by atoms with Gasteiger partial charge < -0.3 is 29.3 Å². The highest BCUT2D eigenvalue weighted by molar-refractivity contribution is 6.02. The first-order chi connectivity index (χ1) is 15.5. The van der Waals surface area contributed by atoms with Gasteiger partial charge in [-0.25, -0.2) is 4.79 Å². The van der Waals surface area contributed by atoms with E-state index in [0.717, 1.165) is 0 Å². The number of benzene rings is 2. The molecule has 2 aromatic carbocycles. The summed E-state index contributed by atoms with van der Waals surface area (Å²) in [6.07, 6.45) is 0.369. The third kappa shape index (κ3) is 4.89. The second-order valence-corrected chi connectivity index (χ2v) is 6.90. The van der Waals surface area contributed by atoms with Gasteiger partial charge in [-0.3, -0.25) is 9.59 Å². The van der Waals surface area contributed by atoms with Crippen molar-refractivity contribution in [1.82, 2.24) is 0 Å². The van der Waals surface area contributed by atoms with E-state index in [4.69, 9.17) is 18.6 Å². The van der Waals surface area contributed by atoms with E-state index in [-0.39, 0.29) is 11.3 Å². The van der Waals surface area contributed by atoms with Crippen LogP contribution >= 0.6 is 0 Å². The maximum absolute atomic E-state index is 12.4. The predicted molar refractivity (Wildman–Crippen MR) is 114 cm³/mol. The van der Waals surface area contributed by atoms with E-state index >= 15 is 0 Å². The average Bonchev–Trinajstić information content (AvgIpc) is 3.34. The second kappa shape index (κ2) is 9.25. The van der Waals surface area contributed by atoms with Crippen molar-refractivity contribution in [1.29, 1.82) is 0 Å². The van der Waals surface area contributed by atoms with Gasteiger partial charge in [0, 0.05) is 17.4 Å². The van der Waals surface area contributed by atoms with E-state index in [1.165, 1.54) is 25.3 Å². The largest absolute Gasteiger partial charge is 0.486 e. The lowest BCUT2D eigenvalue weighted by Crippen LogP contribution is -2.30. The summed E-state index contributed by atoms with van der Waals surface area (Å²) < 4.78 is 21.2. The molecule has 32 heavy (non-hydrogen) atoms. The number of carbonyl (C=O) groups excluding carboxylic acids is 3. The zero-order valence-corrected chi connectivity index (χ0v) is 17.1. The van der Waals surface area contributed by atoms with Gasteiger partial charge in [-0.1, -0.05) is 0 Å². The standard InChI is InChI=1S/C23H20N2O7/c1-14(21(26)25-17-8-9-18-20(13-17)31-12-11-30-18)32-23(28)15-4-6-16(7-5-15)24-22(27)19-3-2-10-29-19/h2-10,13-14H,11-12H2,1H3,(H,24,27)(H,25,26). The van der Waals surface area contributed by atoms with E-state index in [1.807, 2.05) is 0 Å². The van der Waals surface area contributed by atoms with Crippen LogP contribution in [0.2, 0.25) is 0 Å². The maximum Gasteiger partial charge on any atom is 0.338 e. The van der Waals surface area contributed by atoms with Crippen LogP contribution in [-0.2, 0) is 9.53 Å². The third-order valence-electron chi connectivity index (χ3n) is 4.59. The van der Waals surface area contributed by atoms with E-state index in [1.54, 1.807) is 42.5 Å². The van der Waals surface area contributed by atoms with Crippen molar-refractivity contribution in [2.45, 2.75) is 13.0 Å². The fourth-order valence-corrected chi connectivity index (χ4v) is 2.94. The van der Waals surface area contributed by atoms with Crippen LogP contribution in [0.1, 0.15) is 27.8 Å². The lowest BCUT2D eigenvalue weighted by molar-refractivity contribution is -0.123. The predicted octanol–water partition coefficient (Wildman–Crippen LogP) is 3.49. The molecule has 1 aliphatic heterocycles. The van der Waals surface area contributed by atoms with E-state index in [0.29, 0.717) is 36.1 Å². The van der Waals surface area contributed by atoms with Gasteiger partial charge in [-0.15, -0.1) is 0 Å². The molecule has 3 aromatic rings. The van der Waals surface area contributed by atoms with Crippen LogP contribution in [0.4, 0.5) is 11.4 Å². The van der Waals surface area contributed by atoms with Crippen molar-refractivity contribution in [3.8, 4) is 11.5 Å². The summed E-state index contributed by atoms with van der Waals surface area (Å²) in [5, 5.41) is 5.33. The number of anilines is 2. The molecular weight excluding hydrogens is 416 g/mol. The first-order valence-corrected chi connectivity index (χ1v) is 9.86. The van der Waals surface area contributed by atoms with E-state index in [9.17, 15) is 14.4 Å². The summed E-state index contributed by atoms with van der Waals surface area (Å²) in [5.41, 5.74) is 1.21. The Balaban J connectivity index is 1.31. The Morgan fingerprint density at radius 3 is 2.34 bits per heavy atom. The highest BCUT2D eigenvalue weighted by Gasteiger charge is 2.20. The second-order valence-electron chi connectivity index (χ2n) is 6.90. The Morgan fingerprint density at radius 2 is 1.62 bits per heavy atom. The molecule has 0 radical (unpaired) electrons. The minimum absolute atomic E-state index is 0.173. The van der Waals surface area contributed by atoms with E-state index in [2.05, 4.69) is 10.6 Å². The molecule has 2 amide bonds. The normalized spacial score (nSPS) is 13.0. The quantitative estimate of drug-likeness (QED) is 0.568. The molecule has 0 saturated heterocycles. The summed E-state index contributed by atoms with van der Waals surface area (Å²) in [6, 6.07) is 14.3. The number of fused-ring (bicyclic) bond motifs is 1. The Morgan fingerprint density at radius 1 is 0.906 bits per heavy atom. The first-order valence-electron chi connectivity index (χ1n) is 9.86. The highest BCUT2D eigenvalue weighted by atomic mass is 16.6. The van der Waals surface area contributed by atoms with E-state index < -0.39 is 23.9 Å². The van der Waals surface area contributed by atoms with Gasteiger partial charge in [0.2, 0.25) is 0 Å². The molecule has 0 saturated carbocycles. The van der Waals surface area contributed by atoms with Gasteiger partial charge in [0.25, 0.3) is 11.8 Å². The lowest BCUT2D eigenvalue weighted by Gasteiger charge is -2.19. The molecule has 1 aromatic heterocycles. The number of carbonyl (C=O) groups is 3. The summed E-state index contributed by atoms with van der Waals surface area (Å²) >= 11 is 0. The molecule has 9 heteroatoms. The minimum Gasteiger partial charge on any atom is -0.486 e. The molecule has 9 nitrogen and oxygen atoms in total. The van der Waals surface area contributed by atoms with Gasteiger partial charge in [0.05, 0.1) is 11.8 Å². The van der Waals surface area contributed by atoms with Crippen molar-refractivity contribution >= 4 is 29.2 Å². The van der Waals surface area contributed by atoms with Crippen molar-refractivity contribution in [3.63, 3.8) is 0 Å². The number of amides is 2. The lowest BCUT2D eigenvalue weighted by atomic mass is 10.2. The monoisotopic (exact) mass is 436 g/mol. The van der Waals surface area contributed by atoms with Gasteiger partial charge in [0.15, 0.2) is 23.4 Å². The number of furan rings is 1. The molecule has 0 spiro atoms. The zero-order valence-electron chi connectivity index (χ0n) is 17.1. The average molecular weight is 436 g/mol. The van der Waals surface area contributed by atoms with Crippen LogP contribution in [0.25, 0.3) is 0 Å². The molecule has 4 rings (SSSR count). The molecule has 2 heterocycles. The van der Waals surface area contributed by atoms with Gasteiger partial charge in [-0.05, 0) is 55.5 Å². The number of ether oxygens (including phenoxy) is 3. The summed E-state index contributed by atoms with van der Waals surface area (Å²) in [5.74, 6) is -0.243. The van der Waals surface area contributed by atoms with Crippen LogP contribution in [0.3, 0.4) is 0 Å². The number of nitrogens with one attached hydrogen (secondary N) is 2. The van der Waals surface area contributed by atoms with Crippen LogP contribution in [-0.4, -0.2) is 37.1 Å². The maximum atomic E-state index is 12.4. The summed E-state index contributed by atoms with van der Waals surface area (Å²) in [7, 11) is 0. The summed E-state index contributed by atoms with van der Waals surface area (Å²) in [6.45, 7) is 2.38. The Hall–Kier alpha value is -4.27. The van der Waals surface area contributed by atoms with Crippen molar-refractivity contribution in [2.24, 2.45) is 0 Å². The molecule has 164 valence electrons. The fourth-order valence-electron chi connectivity index (χ4n) is 2.94. The topological polar surface area (TPSA) is 116 Å². The Bertz CT molecular complexity index is 1120. The number of esters is 1. The van der Waals surface area contributed by atoms with Crippen LogP contribution in [0.5, 0.6) is 11.5 Å². The van der Waals surface area contributed by atoms with Crippen LogP contribution in [0.15, 0.2) is 65.3 Å². The highest BCUT2D eigenvalue weighted by Crippen LogP contribution is 2.32. The molecule has 1 aliphatic rings. The Kier molecular flexibility index (Phi) is 6.07. The van der Waals surface area contributed by atoms with Crippen molar-refractivity contribution < 1.29 is 33.0 Å².